The molecule has 0 spiro atoms. The number of halogens is 1. The molecule has 1 aliphatic heterocycles. The summed E-state index contributed by atoms with van der Waals surface area (Å²) in [7, 11) is 0. The topological polar surface area (TPSA) is 85.7 Å². The average Bonchev–Trinajstić information content (AvgIpc) is 2.99. The van der Waals surface area contributed by atoms with Crippen LogP contribution in [0.5, 0.6) is 11.5 Å². The summed E-state index contributed by atoms with van der Waals surface area (Å²) in [4.78, 5) is 20.4. The monoisotopic (exact) mass is 378 g/mol. The van der Waals surface area contributed by atoms with E-state index >= 15 is 0 Å². The number of rotatable bonds is 5. The maximum Gasteiger partial charge on any atom is 0.250 e. The molecule has 2 aromatic rings. The summed E-state index contributed by atoms with van der Waals surface area (Å²) < 4.78 is 10.5. The zero-order chi connectivity index (χ0) is 17.8. The van der Waals surface area contributed by atoms with Crippen molar-refractivity contribution in [3.8, 4) is 11.5 Å². The number of carbonyl (C=O) groups is 1. The van der Waals surface area contributed by atoms with E-state index in [0.717, 1.165) is 11.4 Å². The van der Waals surface area contributed by atoms with Crippen LogP contribution in [0.3, 0.4) is 0 Å². The van der Waals surface area contributed by atoms with Crippen LogP contribution < -0.4 is 14.9 Å². The number of nitrogens with one attached hydrogen (secondary N) is 1. The lowest BCUT2D eigenvalue weighted by molar-refractivity contribution is -0.118. The summed E-state index contributed by atoms with van der Waals surface area (Å²) >= 11 is 7.39. The zero-order valence-electron chi connectivity index (χ0n) is 13.6. The molecule has 0 atom stereocenters. The number of hydrogen-bond acceptors (Lipinski definition) is 7. The molecule has 2 heterocycles. The van der Waals surface area contributed by atoms with E-state index in [4.69, 9.17) is 21.1 Å². The first-order chi connectivity index (χ1) is 12.0. The van der Waals surface area contributed by atoms with Gasteiger partial charge in [-0.1, -0.05) is 23.4 Å². The molecule has 0 aliphatic carbocycles. The van der Waals surface area contributed by atoms with Gasteiger partial charge in [-0.3, -0.25) is 4.79 Å². The van der Waals surface area contributed by atoms with Crippen LogP contribution in [0, 0.1) is 13.8 Å². The zero-order valence-corrected chi connectivity index (χ0v) is 15.1. The Bertz CT molecular complexity index is 824. The fourth-order valence-corrected chi connectivity index (χ4v) is 3.07. The Morgan fingerprint density at radius 3 is 2.68 bits per heavy atom. The molecular formula is C16H15ClN4O3S. The van der Waals surface area contributed by atoms with Crippen molar-refractivity contribution in [2.24, 2.45) is 5.10 Å². The Balaban J connectivity index is 1.54. The van der Waals surface area contributed by atoms with Crippen molar-refractivity contribution in [1.29, 1.82) is 0 Å². The molecule has 3 rings (SSSR count). The lowest BCUT2D eigenvalue weighted by Crippen LogP contribution is -2.19. The predicted octanol–water partition coefficient (Wildman–Crippen LogP) is 2.72. The van der Waals surface area contributed by atoms with Crippen LogP contribution in [0.4, 0.5) is 0 Å². The third-order valence-electron chi connectivity index (χ3n) is 3.18. The molecule has 0 fully saturated rings. The van der Waals surface area contributed by atoms with E-state index in [1.54, 1.807) is 12.1 Å². The largest absolute Gasteiger partial charge is 0.454 e. The minimum atomic E-state index is -0.263. The van der Waals surface area contributed by atoms with E-state index in [1.807, 2.05) is 19.9 Å². The summed E-state index contributed by atoms with van der Waals surface area (Å²) in [5, 5.41) is 4.94. The van der Waals surface area contributed by atoms with Gasteiger partial charge in [0.05, 0.1) is 17.0 Å². The van der Waals surface area contributed by atoms with Crippen LogP contribution in [0.15, 0.2) is 28.5 Å². The Hall–Kier alpha value is -2.32. The van der Waals surface area contributed by atoms with Crippen molar-refractivity contribution in [2.45, 2.75) is 19.0 Å². The van der Waals surface area contributed by atoms with Crippen LogP contribution in [0.2, 0.25) is 5.02 Å². The first-order valence-electron chi connectivity index (χ1n) is 7.37. The van der Waals surface area contributed by atoms with Gasteiger partial charge in [-0.15, -0.1) is 0 Å². The molecule has 1 N–H and O–H groups in total. The minimum absolute atomic E-state index is 0.162. The molecule has 7 nitrogen and oxygen atoms in total. The second-order valence-corrected chi connectivity index (χ2v) is 6.59. The maximum absolute atomic E-state index is 11.9. The SMILES string of the molecule is Cc1cc(C)nc(SCC(=O)N/N=C\c2cc3c(cc2Cl)OCO3)n1. The highest BCUT2D eigenvalue weighted by Gasteiger charge is 2.15. The third-order valence-corrected chi connectivity index (χ3v) is 4.35. The van der Waals surface area contributed by atoms with Gasteiger partial charge in [0, 0.05) is 23.0 Å². The summed E-state index contributed by atoms with van der Waals surface area (Å²) in [5.41, 5.74) is 4.80. The molecule has 0 unspecified atom stereocenters. The molecule has 0 radical (unpaired) electrons. The summed E-state index contributed by atoms with van der Waals surface area (Å²) in [6, 6.07) is 5.24. The van der Waals surface area contributed by atoms with Crippen LogP contribution in [0.25, 0.3) is 0 Å². The van der Waals surface area contributed by atoms with Crippen molar-refractivity contribution in [2.75, 3.05) is 12.5 Å². The molecule has 1 aliphatic rings. The number of carbonyl (C=O) groups excluding carboxylic acids is 1. The molecule has 0 bridgehead atoms. The smallest absolute Gasteiger partial charge is 0.250 e. The van der Waals surface area contributed by atoms with Gasteiger partial charge >= 0.3 is 0 Å². The number of aromatic nitrogens is 2. The van der Waals surface area contributed by atoms with Gasteiger partial charge in [0.1, 0.15) is 0 Å². The van der Waals surface area contributed by atoms with Gasteiger partial charge in [-0.2, -0.15) is 5.10 Å². The Morgan fingerprint density at radius 2 is 1.96 bits per heavy atom. The van der Waals surface area contributed by atoms with Crippen LogP contribution in [-0.2, 0) is 4.79 Å². The van der Waals surface area contributed by atoms with E-state index in [0.29, 0.717) is 27.2 Å². The molecule has 9 heteroatoms. The molecule has 1 aromatic carbocycles. The number of benzene rings is 1. The van der Waals surface area contributed by atoms with Crippen LogP contribution >= 0.6 is 23.4 Å². The fraction of sp³-hybridized carbons (Fsp3) is 0.250. The van der Waals surface area contributed by atoms with Crippen molar-refractivity contribution in [3.05, 3.63) is 40.2 Å². The van der Waals surface area contributed by atoms with Crippen molar-refractivity contribution >= 4 is 35.5 Å². The van der Waals surface area contributed by atoms with Crippen LogP contribution in [0.1, 0.15) is 17.0 Å². The number of fused-ring (bicyclic) bond motifs is 1. The van der Waals surface area contributed by atoms with Crippen molar-refractivity contribution < 1.29 is 14.3 Å². The van der Waals surface area contributed by atoms with Gasteiger partial charge in [0.25, 0.3) is 5.91 Å². The van der Waals surface area contributed by atoms with Crippen molar-refractivity contribution in [1.82, 2.24) is 15.4 Å². The quantitative estimate of drug-likeness (QED) is 0.372. The normalized spacial score (nSPS) is 12.6. The van der Waals surface area contributed by atoms with E-state index in [-0.39, 0.29) is 18.5 Å². The highest BCUT2D eigenvalue weighted by atomic mass is 35.5. The summed E-state index contributed by atoms with van der Waals surface area (Å²) in [6.45, 7) is 3.94. The number of hydrogen-bond donors (Lipinski definition) is 1. The summed E-state index contributed by atoms with van der Waals surface area (Å²) in [5.74, 6) is 1.09. The second kappa shape index (κ2) is 7.71. The fourth-order valence-electron chi connectivity index (χ4n) is 2.13. The lowest BCUT2D eigenvalue weighted by Gasteiger charge is -2.03. The Morgan fingerprint density at radius 1 is 1.28 bits per heavy atom. The minimum Gasteiger partial charge on any atom is -0.454 e. The van der Waals surface area contributed by atoms with Gasteiger partial charge in [0.2, 0.25) is 6.79 Å². The Kier molecular flexibility index (Phi) is 5.40. The number of hydrazone groups is 1. The first-order valence-corrected chi connectivity index (χ1v) is 8.74. The standard InChI is InChI=1S/C16H15ClN4O3S/c1-9-3-10(2)20-16(19-9)25-7-15(22)21-18-6-11-4-13-14(5-12(11)17)24-8-23-13/h3-6H,7-8H2,1-2H3,(H,21,22)/b18-6-. The number of aryl methyl sites for hydroxylation is 2. The highest BCUT2D eigenvalue weighted by Crippen LogP contribution is 2.36. The summed E-state index contributed by atoms with van der Waals surface area (Å²) in [6.07, 6.45) is 1.46. The van der Waals surface area contributed by atoms with E-state index < -0.39 is 0 Å². The molecule has 1 amide bonds. The van der Waals surface area contributed by atoms with Gasteiger partial charge in [-0.25, -0.2) is 15.4 Å². The second-order valence-electron chi connectivity index (χ2n) is 5.24. The lowest BCUT2D eigenvalue weighted by atomic mass is 10.2. The van der Waals surface area contributed by atoms with Crippen molar-refractivity contribution in [3.63, 3.8) is 0 Å². The first kappa shape index (κ1) is 17.5. The predicted molar refractivity (Wildman–Crippen MR) is 95.5 cm³/mol. The molecule has 130 valence electrons. The molecular weight excluding hydrogens is 364 g/mol. The third kappa shape index (κ3) is 4.61. The maximum atomic E-state index is 11.9. The molecule has 25 heavy (non-hydrogen) atoms. The Labute approximate surface area is 153 Å². The number of ether oxygens (including phenoxy) is 2. The number of thioether (sulfide) groups is 1. The van der Waals surface area contributed by atoms with Gasteiger partial charge in [-0.05, 0) is 26.0 Å². The number of amides is 1. The average molecular weight is 379 g/mol. The van der Waals surface area contributed by atoms with E-state index in [2.05, 4.69) is 20.5 Å². The highest BCUT2D eigenvalue weighted by molar-refractivity contribution is 7.99. The molecule has 0 saturated heterocycles. The van der Waals surface area contributed by atoms with Gasteiger partial charge < -0.3 is 9.47 Å². The van der Waals surface area contributed by atoms with E-state index in [1.165, 1.54) is 18.0 Å². The van der Waals surface area contributed by atoms with Gasteiger partial charge in [0.15, 0.2) is 16.7 Å². The van der Waals surface area contributed by atoms with E-state index in [9.17, 15) is 4.79 Å². The molecule has 0 saturated carbocycles. The van der Waals surface area contributed by atoms with Crippen LogP contribution in [-0.4, -0.2) is 34.6 Å². The molecule has 1 aromatic heterocycles. The number of nitrogens with zero attached hydrogens (tertiary/aromatic N) is 3.